The molecule has 1 aromatic carbocycles. The molecule has 1 aromatic rings. The van der Waals surface area contributed by atoms with E-state index in [1.807, 2.05) is 12.1 Å². The van der Waals surface area contributed by atoms with Crippen LogP contribution in [0.25, 0.3) is 0 Å². The zero-order valence-electron chi connectivity index (χ0n) is 13.8. The Morgan fingerprint density at radius 1 is 1.26 bits per heavy atom. The summed E-state index contributed by atoms with van der Waals surface area (Å²) in [6.07, 6.45) is 6.79. The van der Waals surface area contributed by atoms with Crippen molar-refractivity contribution in [2.24, 2.45) is 11.3 Å². The summed E-state index contributed by atoms with van der Waals surface area (Å²) in [4.78, 5) is 0.386. The second-order valence-corrected chi connectivity index (χ2v) is 9.55. The number of hydrogen-bond acceptors (Lipinski definition) is 4. The van der Waals surface area contributed by atoms with Crippen LogP contribution in [-0.2, 0) is 14.6 Å². The molecule has 0 aromatic heterocycles. The third kappa shape index (κ3) is 2.36. The van der Waals surface area contributed by atoms with Gasteiger partial charge in [0.1, 0.15) is 0 Å². The number of fused-ring (bicyclic) bond motifs is 2. The van der Waals surface area contributed by atoms with Crippen LogP contribution < -0.4 is 5.32 Å². The molecule has 126 valence electrons. The fraction of sp³-hybridized carbons (Fsp3) is 0.667. The van der Waals surface area contributed by atoms with Crippen molar-refractivity contribution in [3.8, 4) is 0 Å². The number of benzene rings is 1. The predicted octanol–water partition coefficient (Wildman–Crippen LogP) is 2.70. The van der Waals surface area contributed by atoms with Crippen molar-refractivity contribution in [2.75, 3.05) is 12.9 Å². The van der Waals surface area contributed by atoms with Crippen LogP contribution in [0.3, 0.4) is 0 Å². The Morgan fingerprint density at radius 3 is 2.52 bits per heavy atom. The van der Waals surface area contributed by atoms with Gasteiger partial charge in [-0.3, -0.25) is 0 Å². The van der Waals surface area contributed by atoms with Gasteiger partial charge in [0.2, 0.25) is 0 Å². The molecule has 1 N–H and O–H groups in total. The molecule has 1 aliphatic heterocycles. The molecule has 0 bridgehead atoms. The van der Waals surface area contributed by atoms with Gasteiger partial charge in [0.15, 0.2) is 9.84 Å². The molecule has 4 nitrogen and oxygen atoms in total. The lowest BCUT2D eigenvalue weighted by atomic mass is 9.46. The second kappa shape index (κ2) is 5.30. The summed E-state index contributed by atoms with van der Waals surface area (Å²) in [7, 11) is -3.12. The molecule has 2 aliphatic carbocycles. The van der Waals surface area contributed by atoms with Gasteiger partial charge in [-0.05, 0) is 43.9 Å². The maximum absolute atomic E-state index is 11.6. The summed E-state index contributed by atoms with van der Waals surface area (Å²) in [5, 5.41) is 3.83. The van der Waals surface area contributed by atoms with Crippen molar-refractivity contribution >= 4 is 9.84 Å². The lowest BCUT2D eigenvalue weighted by Crippen LogP contribution is -2.71. The fourth-order valence-corrected chi connectivity index (χ4v) is 5.49. The van der Waals surface area contributed by atoms with Gasteiger partial charge in [0.25, 0.3) is 0 Å². The number of ether oxygens (including phenoxy) is 1. The minimum atomic E-state index is -3.12. The van der Waals surface area contributed by atoms with Gasteiger partial charge in [-0.15, -0.1) is 0 Å². The van der Waals surface area contributed by atoms with Crippen LogP contribution in [0.2, 0.25) is 0 Å². The van der Waals surface area contributed by atoms with Crippen molar-refractivity contribution in [2.45, 2.75) is 55.7 Å². The normalized spacial score (nSPS) is 32.9. The molecule has 1 saturated heterocycles. The van der Waals surface area contributed by atoms with E-state index < -0.39 is 9.84 Å². The average Bonchev–Trinajstić information content (AvgIpc) is 2.87. The van der Waals surface area contributed by atoms with Gasteiger partial charge < -0.3 is 10.1 Å². The molecule has 3 fully saturated rings. The molecule has 1 heterocycles. The zero-order chi connectivity index (χ0) is 16.2. The Labute approximate surface area is 138 Å². The summed E-state index contributed by atoms with van der Waals surface area (Å²) in [5.41, 5.74) is 1.52. The van der Waals surface area contributed by atoms with Gasteiger partial charge >= 0.3 is 0 Å². The Balaban J connectivity index is 1.48. The first kappa shape index (κ1) is 15.6. The van der Waals surface area contributed by atoms with Crippen molar-refractivity contribution in [3.05, 3.63) is 29.8 Å². The van der Waals surface area contributed by atoms with Crippen LogP contribution in [0.4, 0.5) is 0 Å². The van der Waals surface area contributed by atoms with E-state index in [1.54, 1.807) is 12.1 Å². The van der Waals surface area contributed by atoms with Gasteiger partial charge in [-0.2, -0.15) is 0 Å². The lowest BCUT2D eigenvalue weighted by molar-refractivity contribution is -0.178. The quantitative estimate of drug-likeness (QED) is 0.919. The summed E-state index contributed by atoms with van der Waals surface area (Å²) >= 11 is 0. The first-order chi connectivity index (χ1) is 10.9. The van der Waals surface area contributed by atoms with E-state index in [9.17, 15) is 8.42 Å². The van der Waals surface area contributed by atoms with E-state index in [2.05, 4.69) is 12.2 Å². The Hall–Kier alpha value is -0.910. The highest BCUT2D eigenvalue weighted by atomic mass is 32.2. The lowest BCUT2D eigenvalue weighted by Gasteiger charge is -2.64. The van der Waals surface area contributed by atoms with E-state index in [4.69, 9.17) is 4.74 Å². The van der Waals surface area contributed by atoms with Crippen molar-refractivity contribution in [1.82, 2.24) is 5.32 Å². The average molecular weight is 335 g/mol. The van der Waals surface area contributed by atoms with Crippen LogP contribution in [0.5, 0.6) is 0 Å². The third-order valence-electron chi connectivity index (χ3n) is 6.27. The highest BCUT2D eigenvalue weighted by molar-refractivity contribution is 7.90. The molecule has 0 unspecified atom stereocenters. The van der Waals surface area contributed by atoms with E-state index >= 15 is 0 Å². The molecule has 2 saturated carbocycles. The summed E-state index contributed by atoms with van der Waals surface area (Å²) < 4.78 is 29.1. The van der Waals surface area contributed by atoms with E-state index in [-0.39, 0.29) is 6.04 Å². The van der Waals surface area contributed by atoms with Crippen LogP contribution in [0.15, 0.2) is 29.2 Å². The minimum Gasteiger partial charge on any atom is -0.377 e. The summed E-state index contributed by atoms with van der Waals surface area (Å²) in [5.74, 6) is 0.660. The largest absolute Gasteiger partial charge is 0.377 e. The number of nitrogens with one attached hydrogen (secondary N) is 1. The minimum absolute atomic E-state index is 0.229. The molecular weight excluding hydrogens is 310 g/mol. The van der Waals surface area contributed by atoms with Gasteiger partial charge in [-0.25, -0.2) is 8.42 Å². The van der Waals surface area contributed by atoms with Crippen molar-refractivity contribution in [1.29, 1.82) is 0 Å². The van der Waals surface area contributed by atoms with Crippen LogP contribution in [0, 0.1) is 11.3 Å². The maximum atomic E-state index is 11.6. The number of rotatable bonds is 4. The number of sulfone groups is 1. The highest BCUT2D eigenvalue weighted by Gasteiger charge is 2.66. The molecule has 3 aliphatic rings. The molecule has 4 atom stereocenters. The highest BCUT2D eigenvalue weighted by Crippen LogP contribution is 2.63. The molecule has 1 spiro atoms. The third-order valence-corrected chi connectivity index (χ3v) is 7.40. The van der Waals surface area contributed by atoms with E-state index in [1.165, 1.54) is 31.9 Å². The van der Waals surface area contributed by atoms with Crippen LogP contribution in [-0.4, -0.2) is 33.4 Å². The summed E-state index contributed by atoms with van der Waals surface area (Å²) in [6.45, 7) is 3.08. The van der Waals surface area contributed by atoms with Crippen molar-refractivity contribution < 1.29 is 13.2 Å². The summed E-state index contributed by atoms with van der Waals surface area (Å²) in [6, 6.07) is 8.07. The molecule has 23 heavy (non-hydrogen) atoms. The molecular formula is C18H25NO3S. The van der Waals surface area contributed by atoms with E-state index in [0.29, 0.717) is 28.4 Å². The standard InChI is InChI=1S/C18H25NO3S/c1-12(13-4-6-14(7-5-13)23(2,20)21)19-16-15-8-11-22-17(15)18(16)9-3-10-18/h4-7,12,15-17,19H,3,8-11H2,1-2H3/t12-,15-,16+,17+/m0/s1. The zero-order valence-corrected chi connectivity index (χ0v) is 14.6. The fourth-order valence-electron chi connectivity index (χ4n) is 4.86. The topological polar surface area (TPSA) is 55.4 Å². The molecule has 4 rings (SSSR count). The van der Waals surface area contributed by atoms with Gasteiger partial charge in [-0.1, -0.05) is 18.6 Å². The first-order valence-electron chi connectivity index (χ1n) is 8.59. The van der Waals surface area contributed by atoms with Crippen molar-refractivity contribution in [3.63, 3.8) is 0 Å². The SMILES string of the molecule is C[C@H](N[C@@H]1[C@@H]2CCO[C@H]2C12CCC2)c1ccc(S(C)(=O)=O)cc1. The molecule has 0 radical (unpaired) electrons. The van der Waals surface area contributed by atoms with E-state index in [0.717, 1.165) is 12.2 Å². The molecule has 0 amide bonds. The smallest absolute Gasteiger partial charge is 0.175 e. The van der Waals surface area contributed by atoms with Crippen LogP contribution >= 0.6 is 0 Å². The predicted molar refractivity (Wildman–Crippen MR) is 89.0 cm³/mol. The second-order valence-electron chi connectivity index (χ2n) is 7.54. The maximum Gasteiger partial charge on any atom is 0.175 e. The van der Waals surface area contributed by atoms with Gasteiger partial charge in [0, 0.05) is 36.3 Å². The molecule has 5 heteroatoms. The Kier molecular flexibility index (Phi) is 3.59. The number of hydrogen-bond donors (Lipinski definition) is 1. The van der Waals surface area contributed by atoms with Crippen LogP contribution in [0.1, 0.15) is 44.2 Å². The first-order valence-corrected chi connectivity index (χ1v) is 10.5. The monoisotopic (exact) mass is 335 g/mol. The van der Waals surface area contributed by atoms with Gasteiger partial charge in [0.05, 0.1) is 11.0 Å². The Bertz CT molecular complexity index is 693. The Morgan fingerprint density at radius 2 is 1.96 bits per heavy atom.